The van der Waals surface area contributed by atoms with Crippen molar-refractivity contribution in [3.05, 3.63) is 6.07 Å². The van der Waals surface area contributed by atoms with Crippen molar-refractivity contribution in [1.29, 1.82) is 0 Å². The number of anilines is 2. The summed E-state index contributed by atoms with van der Waals surface area (Å²) in [5, 5.41) is 9.61. The van der Waals surface area contributed by atoms with Crippen LogP contribution in [0.25, 0.3) is 0 Å². The number of carbonyl (C=O) groups excluding carboxylic acids is 1. The Hall–Kier alpha value is -1.34. The number of aliphatic hydroxyl groups excluding tert-OH is 1. The molecule has 3 N–H and O–H groups in total. The van der Waals surface area contributed by atoms with Crippen LogP contribution in [0.15, 0.2) is 11.2 Å². The van der Waals surface area contributed by atoms with Crippen LogP contribution in [0.3, 0.4) is 0 Å². The number of aromatic nitrogens is 2. The summed E-state index contributed by atoms with van der Waals surface area (Å²) in [6, 6.07) is 1.58. The van der Waals surface area contributed by atoms with Crippen molar-refractivity contribution < 1.29 is 9.90 Å². The van der Waals surface area contributed by atoms with E-state index in [0.29, 0.717) is 29.8 Å². The van der Waals surface area contributed by atoms with Gasteiger partial charge in [-0.15, -0.1) is 0 Å². The molecule has 0 spiro atoms. The molecule has 0 bridgehead atoms. The largest absolute Gasteiger partial charge is 0.396 e. The first-order valence-electron chi connectivity index (χ1n) is 5.23. The Morgan fingerprint density at radius 2 is 2.41 bits per heavy atom. The molecule has 1 fully saturated rings. The Kier molecular flexibility index (Phi) is 3.49. The van der Waals surface area contributed by atoms with Gasteiger partial charge in [-0.25, -0.2) is 9.97 Å². The minimum Gasteiger partial charge on any atom is -0.396 e. The molecule has 1 aromatic rings. The molecule has 1 aliphatic rings. The van der Waals surface area contributed by atoms with Gasteiger partial charge < -0.3 is 10.8 Å². The van der Waals surface area contributed by atoms with Crippen LogP contribution < -0.4 is 10.6 Å². The molecule has 2 rings (SSSR count). The van der Waals surface area contributed by atoms with Gasteiger partial charge in [0.05, 0.1) is 0 Å². The fraction of sp³-hybridized carbons (Fsp3) is 0.500. The van der Waals surface area contributed by atoms with Crippen molar-refractivity contribution in [2.45, 2.75) is 11.6 Å². The second-order valence-corrected chi connectivity index (χ2v) is 4.67. The summed E-state index contributed by atoms with van der Waals surface area (Å²) >= 11 is 1.37. The van der Waals surface area contributed by atoms with Gasteiger partial charge in [0.1, 0.15) is 11.6 Å². The second kappa shape index (κ2) is 4.89. The number of hydrogen-bond acceptors (Lipinski definition) is 6. The first kappa shape index (κ1) is 12.1. The van der Waals surface area contributed by atoms with Gasteiger partial charge in [0.25, 0.3) is 0 Å². The first-order chi connectivity index (χ1) is 8.13. The number of amides is 1. The number of carbonyl (C=O) groups is 1. The minimum absolute atomic E-state index is 0.0121. The van der Waals surface area contributed by atoms with Crippen LogP contribution in [-0.2, 0) is 4.79 Å². The Balaban J connectivity index is 2.28. The fourth-order valence-electron chi connectivity index (χ4n) is 1.79. The Morgan fingerprint density at radius 1 is 1.65 bits per heavy atom. The normalized spacial score (nSPS) is 20.0. The van der Waals surface area contributed by atoms with Crippen LogP contribution in [0.5, 0.6) is 0 Å². The zero-order valence-corrected chi connectivity index (χ0v) is 10.3. The SMILES string of the molecule is CSc1nc(N)cc(N2CC(CO)CC2=O)n1. The van der Waals surface area contributed by atoms with Gasteiger partial charge in [-0.05, 0) is 6.26 Å². The number of aliphatic hydroxyl groups is 1. The van der Waals surface area contributed by atoms with E-state index in [9.17, 15) is 4.79 Å². The smallest absolute Gasteiger partial charge is 0.228 e. The summed E-state index contributed by atoms with van der Waals surface area (Å²) in [5.74, 6) is 0.813. The zero-order valence-electron chi connectivity index (χ0n) is 9.46. The highest BCUT2D eigenvalue weighted by atomic mass is 32.2. The molecule has 0 saturated carbocycles. The van der Waals surface area contributed by atoms with Crippen molar-refractivity contribution in [1.82, 2.24) is 9.97 Å². The van der Waals surface area contributed by atoms with Crippen LogP contribution in [0.4, 0.5) is 11.6 Å². The standard InChI is InChI=1S/C10H14N4O2S/c1-17-10-12-7(11)3-8(13-10)14-4-6(5-15)2-9(14)16/h3,6,15H,2,4-5H2,1H3,(H2,11,12,13). The van der Waals surface area contributed by atoms with E-state index in [1.165, 1.54) is 11.8 Å². The van der Waals surface area contributed by atoms with Gasteiger partial charge in [0.2, 0.25) is 5.91 Å². The quantitative estimate of drug-likeness (QED) is 0.588. The van der Waals surface area contributed by atoms with Gasteiger partial charge in [0, 0.05) is 31.6 Å². The molecular formula is C10H14N4O2S. The summed E-state index contributed by atoms with van der Waals surface area (Å²) in [6.45, 7) is 0.498. The molecule has 0 radical (unpaired) electrons. The van der Waals surface area contributed by atoms with Gasteiger partial charge in [-0.1, -0.05) is 11.8 Å². The average Bonchev–Trinajstić information content (AvgIpc) is 2.69. The van der Waals surface area contributed by atoms with Crippen LogP contribution >= 0.6 is 11.8 Å². The lowest BCUT2D eigenvalue weighted by Gasteiger charge is -2.16. The molecule has 7 heteroatoms. The molecule has 1 unspecified atom stereocenters. The van der Waals surface area contributed by atoms with Crippen molar-refractivity contribution in [3.63, 3.8) is 0 Å². The number of thioether (sulfide) groups is 1. The molecule has 1 aliphatic heterocycles. The summed E-state index contributed by atoms with van der Waals surface area (Å²) in [6.07, 6.45) is 2.20. The number of nitrogens with zero attached hydrogens (tertiary/aromatic N) is 3. The van der Waals surface area contributed by atoms with Crippen molar-refractivity contribution >= 4 is 29.3 Å². The number of nitrogen functional groups attached to an aromatic ring is 1. The molecule has 1 atom stereocenters. The highest BCUT2D eigenvalue weighted by Gasteiger charge is 2.31. The third-order valence-electron chi connectivity index (χ3n) is 2.63. The third kappa shape index (κ3) is 2.50. The minimum atomic E-state index is -0.0331. The maximum atomic E-state index is 11.8. The van der Waals surface area contributed by atoms with Crippen LogP contribution in [0.2, 0.25) is 0 Å². The summed E-state index contributed by atoms with van der Waals surface area (Å²) < 4.78 is 0. The van der Waals surface area contributed by atoms with Gasteiger partial charge in [-0.3, -0.25) is 9.69 Å². The van der Waals surface area contributed by atoms with E-state index in [0.717, 1.165) is 0 Å². The predicted molar refractivity (Wildman–Crippen MR) is 65.8 cm³/mol. The average molecular weight is 254 g/mol. The number of nitrogens with two attached hydrogens (primary N) is 1. The van der Waals surface area contributed by atoms with Crippen LogP contribution in [0.1, 0.15) is 6.42 Å². The van der Waals surface area contributed by atoms with Gasteiger partial charge in [-0.2, -0.15) is 0 Å². The topological polar surface area (TPSA) is 92.3 Å². The highest BCUT2D eigenvalue weighted by molar-refractivity contribution is 7.98. The van der Waals surface area contributed by atoms with Crippen LogP contribution in [0, 0.1) is 5.92 Å². The van der Waals surface area contributed by atoms with Gasteiger partial charge >= 0.3 is 0 Å². The van der Waals surface area contributed by atoms with Gasteiger partial charge in [0.15, 0.2) is 5.16 Å². The summed E-state index contributed by atoms with van der Waals surface area (Å²) in [4.78, 5) is 21.6. The van der Waals surface area contributed by atoms with E-state index >= 15 is 0 Å². The predicted octanol–water partition coefficient (Wildman–Crippen LogP) is 0.126. The number of hydrogen-bond donors (Lipinski definition) is 2. The first-order valence-corrected chi connectivity index (χ1v) is 6.46. The molecule has 17 heavy (non-hydrogen) atoms. The zero-order chi connectivity index (χ0) is 12.4. The molecule has 1 aromatic heterocycles. The second-order valence-electron chi connectivity index (χ2n) is 3.89. The van der Waals surface area contributed by atoms with Crippen LogP contribution in [-0.4, -0.2) is 40.4 Å². The van der Waals surface area contributed by atoms with Crippen molar-refractivity contribution in [2.24, 2.45) is 5.92 Å². The number of rotatable bonds is 3. The van der Waals surface area contributed by atoms with Crippen molar-refractivity contribution in [3.8, 4) is 0 Å². The van der Waals surface area contributed by atoms with E-state index < -0.39 is 0 Å². The molecule has 1 saturated heterocycles. The Labute approximate surface area is 103 Å². The molecule has 1 amide bonds. The maximum Gasteiger partial charge on any atom is 0.228 e. The molecule has 6 nitrogen and oxygen atoms in total. The monoisotopic (exact) mass is 254 g/mol. The highest BCUT2D eigenvalue weighted by Crippen LogP contribution is 2.25. The molecular weight excluding hydrogens is 240 g/mol. The molecule has 2 heterocycles. The lowest BCUT2D eigenvalue weighted by Crippen LogP contribution is -2.26. The van der Waals surface area contributed by atoms with E-state index in [-0.39, 0.29) is 18.4 Å². The fourth-order valence-corrected chi connectivity index (χ4v) is 2.17. The van der Waals surface area contributed by atoms with E-state index in [4.69, 9.17) is 10.8 Å². The summed E-state index contributed by atoms with van der Waals surface area (Å²) in [5.41, 5.74) is 5.66. The lowest BCUT2D eigenvalue weighted by atomic mass is 10.1. The molecule has 0 aliphatic carbocycles. The van der Waals surface area contributed by atoms with Crippen molar-refractivity contribution in [2.75, 3.05) is 30.0 Å². The molecule has 0 aromatic carbocycles. The van der Waals surface area contributed by atoms with E-state index in [1.54, 1.807) is 11.0 Å². The molecule has 92 valence electrons. The Morgan fingerprint density at radius 3 is 3.00 bits per heavy atom. The third-order valence-corrected chi connectivity index (χ3v) is 3.18. The Bertz CT molecular complexity index is 440. The summed E-state index contributed by atoms with van der Waals surface area (Å²) in [7, 11) is 0. The van der Waals surface area contributed by atoms with E-state index in [1.807, 2.05) is 6.26 Å². The maximum absolute atomic E-state index is 11.8. The lowest BCUT2D eigenvalue weighted by molar-refractivity contribution is -0.117. The van der Waals surface area contributed by atoms with E-state index in [2.05, 4.69) is 9.97 Å².